The van der Waals surface area contributed by atoms with E-state index in [9.17, 15) is 9.90 Å². The summed E-state index contributed by atoms with van der Waals surface area (Å²) in [6, 6.07) is 0. The largest absolute Gasteiger partial charge is 0.459 e. The van der Waals surface area contributed by atoms with Crippen molar-refractivity contribution >= 4 is 14.3 Å². The van der Waals surface area contributed by atoms with E-state index >= 15 is 0 Å². The van der Waals surface area contributed by atoms with Gasteiger partial charge in [-0.3, -0.25) is 4.79 Å². The summed E-state index contributed by atoms with van der Waals surface area (Å²) in [7, 11) is -1.78. The Balaban J connectivity index is 1.80. The Hall–Kier alpha value is -0.433. The van der Waals surface area contributed by atoms with Gasteiger partial charge in [0.25, 0.3) is 0 Å². The Morgan fingerprint density at radius 3 is 2.36 bits per heavy atom. The van der Waals surface area contributed by atoms with Gasteiger partial charge in [-0.25, -0.2) is 0 Å². The summed E-state index contributed by atoms with van der Waals surface area (Å²) >= 11 is 0. The van der Waals surface area contributed by atoms with E-state index < -0.39 is 14.4 Å². The van der Waals surface area contributed by atoms with E-state index in [-0.39, 0.29) is 41.3 Å². The molecule has 0 aliphatic carbocycles. The topological polar surface area (TPSA) is 68.3 Å². The molecule has 2 fully saturated rings. The van der Waals surface area contributed by atoms with Crippen molar-refractivity contribution in [1.29, 1.82) is 0 Å². The predicted molar refractivity (Wildman–Crippen MR) is 99.9 cm³/mol. The molecular formula is C19H36O5Si. The third kappa shape index (κ3) is 5.28. The van der Waals surface area contributed by atoms with Gasteiger partial charge >= 0.3 is 5.97 Å². The van der Waals surface area contributed by atoms with Crippen molar-refractivity contribution in [2.45, 2.75) is 109 Å². The molecule has 0 saturated carbocycles. The Morgan fingerprint density at radius 2 is 1.88 bits per heavy atom. The number of aliphatic hydroxyl groups excluding tert-OH is 1. The van der Waals surface area contributed by atoms with Crippen LogP contribution >= 0.6 is 0 Å². The number of rotatable bonds is 8. The maximum absolute atomic E-state index is 11.4. The normalized spacial score (nSPS) is 32.4. The summed E-state index contributed by atoms with van der Waals surface area (Å²) in [6.45, 7) is 15.4. The van der Waals surface area contributed by atoms with E-state index in [1.54, 1.807) is 0 Å². The van der Waals surface area contributed by atoms with Crippen molar-refractivity contribution < 1.29 is 23.8 Å². The van der Waals surface area contributed by atoms with Crippen LogP contribution in [0.3, 0.4) is 0 Å². The van der Waals surface area contributed by atoms with Crippen LogP contribution in [0.15, 0.2) is 0 Å². The lowest BCUT2D eigenvalue weighted by molar-refractivity contribution is -0.146. The fourth-order valence-corrected chi connectivity index (χ4v) is 4.72. The second kappa shape index (κ2) is 7.67. The minimum Gasteiger partial charge on any atom is -0.459 e. The number of carbonyl (C=O) groups excluding carboxylic acids is 1. The SMILES string of the molecule is CC[C@@H](CC1O[C@@H]1C[C@H](O)[C@H]1OC(=O)C[C@@H]1C)O[Si](C)(C)C(C)(C)C. The molecule has 1 N–H and O–H groups in total. The Morgan fingerprint density at radius 1 is 1.28 bits per heavy atom. The first-order valence-electron chi connectivity index (χ1n) is 9.65. The first kappa shape index (κ1) is 20.9. The number of aliphatic hydroxyl groups is 1. The first-order chi connectivity index (χ1) is 11.4. The van der Waals surface area contributed by atoms with Crippen molar-refractivity contribution in [3.63, 3.8) is 0 Å². The van der Waals surface area contributed by atoms with Gasteiger partial charge in [0.2, 0.25) is 0 Å². The second-order valence-electron chi connectivity index (χ2n) is 9.30. The first-order valence-corrected chi connectivity index (χ1v) is 12.6. The minimum absolute atomic E-state index is 0.0542. The van der Waals surface area contributed by atoms with Gasteiger partial charge in [0, 0.05) is 24.9 Å². The van der Waals surface area contributed by atoms with E-state index in [0.717, 1.165) is 12.8 Å². The number of carbonyl (C=O) groups is 1. The van der Waals surface area contributed by atoms with E-state index in [2.05, 4.69) is 40.8 Å². The van der Waals surface area contributed by atoms with E-state index in [1.807, 2.05) is 6.92 Å². The average molecular weight is 373 g/mol. The standard InChI is InChI=1S/C19H36O5Si/c1-8-13(24-25(6,7)19(3,4)5)10-15-16(22-15)11-14(20)18-12(2)9-17(21)23-18/h12-16,18,20H,8-11H2,1-7H3/t12-,13-,14-,15?,16+,18-/m0/s1. The number of esters is 1. The maximum Gasteiger partial charge on any atom is 0.306 e. The zero-order valence-corrected chi connectivity index (χ0v) is 17.9. The van der Waals surface area contributed by atoms with Crippen LogP contribution in [-0.4, -0.2) is 49.9 Å². The van der Waals surface area contributed by atoms with Crippen molar-refractivity contribution in [2.75, 3.05) is 0 Å². The lowest BCUT2D eigenvalue weighted by Gasteiger charge is -2.39. The van der Waals surface area contributed by atoms with Gasteiger partial charge in [-0.1, -0.05) is 34.6 Å². The number of hydrogen-bond donors (Lipinski definition) is 1. The highest BCUT2D eigenvalue weighted by atomic mass is 28.4. The van der Waals surface area contributed by atoms with Gasteiger partial charge in [-0.05, 0) is 24.6 Å². The quantitative estimate of drug-likeness (QED) is 0.400. The molecule has 2 aliphatic rings. The number of cyclic esters (lactones) is 1. The monoisotopic (exact) mass is 372 g/mol. The molecule has 146 valence electrons. The third-order valence-corrected chi connectivity index (χ3v) is 10.6. The van der Waals surface area contributed by atoms with Crippen LogP contribution in [0.5, 0.6) is 0 Å². The van der Waals surface area contributed by atoms with Crippen molar-refractivity contribution in [1.82, 2.24) is 0 Å². The van der Waals surface area contributed by atoms with Gasteiger partial charge < -0.3 is 19.0 Å². The molecule has 0 aromatic carbocycles. The number of ether oxygens (including phenoxy) is 2. The molecule has 0 bridgehead atoms. The molecule has 0 aromatic heterocycles. The van der Waals surface area contributed by atoms with Crippen LogP contribution in [-0.2, 0) is 18.7 Å². The van der Waals surface area contributed by atoms with Gasteiger partial charge in [0.05, 0.1) is 24.7 Å². The molecule has 2 aliphatic heterocycles. The average Bonchev–Trinajstić information content (AvgIpc) is 3.09. The molecular weight excluding hydrogens is 336 g/mol. The number of hydrogen-bond acceptors (Lipinski definition) is 5. The molecule has 2 saturated heterocycles. The summed E-state index contributed by atoms with van der Waals surface area (Å²) in [6.07, 6.45) is 2.16. The highest BCUT2D eigenvalue weighted by Crippen LogP contribution is 2.40. The fourth-order valence-electron chi connectivity index (χ4n) is 3.27. The van der Waals surface area contributed by atoms with Crippen LogP contribution in [0.25, 0.3) is 0 Å². The number of epoxide rings is 1. The summed E-state index contributed by atoms with van der Waals surface area (Å²) in [4.78, 5) is 11.4. The lowest BCUT2D eigenvalue weighted by Crippen LogP contribution is -2.44. The minimum atomic E-state index is -1.78. The predicted octanol–water partition coefficient (Wildman–Crippen LogP) is 3.65. The molecule has 6 heteroatoms. The zero-order valence-electron chi connectivity index (χ0n) is 16.9. The van der Waals surface area contributed by atoms with Crippen LogP contribution < -0.4 is 0 Å². The zero-order chi connectivity index (χ0) is 19.0. The molecule has 2 heterocycles. The van der Waals surface area contributed by atoms with Crippen LogP contribution in [0.2, 0.25) is 18.1 Å². The van der Waals surface area contributed by atoms with E-state index in [1.165, 1.54) is 0 Å². The van der Waals surface area contributed by atoms with Crippen molar-refractivity contribution in [3.8, 4) is 0 Å². The van der Waals surface area contributed by atoms with E-state index in [4.69, 9.17) is 13.9 Å². The fraction of sp³-hybridized carbons (Fsp3) is 0.947. The van der Waals surface area contributed by atoms with Crippen molar-refractivity contribution in [2.24, 2.45) is 5.92 Å². The maximum atomic E-state index is 11.4. The van der Waals surface area contributed by atoms with Gasteiger partial charge in [-0.15, -0.1) is 0 Å². The van der Waals surface area contributed by atoms with Gasteiger partial charge in [0.15, 0.2) is 8.32 Å². The lowest BCUT2D eigenvalue weighted by atomic mass is 9.95. The molecule has 0 radical (unpaired) electrons. The molecule has 0 spiro atoms. The molecule has 25 heavy (non-hydrogen) atoms. The highest BCUT2D eigenvalue weighted by Gasteiger charge is 2.46. The molecule has 2 rings (SSSR count). The van der Waals surface area contributed by atoms with Gasteiger partial charge in [-0.2, -0.15) is 0 Å². The molecule has 6 atom stereocenters. The summed E-state index contributed by atoms with van der Waals surface area (Å²) in [5.74, 6) is -0.136. The summed E-state index contributed by atoms with van der Waals surface area (Å²) in [5.41, 5.74) is 0. The molecule has 5 nitrogen and oxygen atoms in total. The smallest absolute Gasteiger partial charge is 0.306 e. The molecule has 0 aromatic rings. The molecule has 0 amide bonds. The van der Waals surface area contributed by atoms with E-state index in [0.29, 0.717) is 12.8 Å². The third-order valence-electron chi connectivity index (χ3n) is 6.08. The Labute approximate surface area is 153 Å². The van der Waals surface area contributed by atoms with Crippen LogP contribution in [0.4, 0.5) is 0 Å². The Kier molecular flexibility index (Phi) is 6.40. The van der Waals surface area contributed by atoms with Crippen LogP contribution in [0.1, 0.15) is 60.3 Å². The molecule has 1 unspecified atom stereocenters. The van der Waals surface area contributed by atoms with Crippen molar-refractivity contribution in [3.05, 3.63) is 0 Å². The van der Waals surface area contributed by atoms with Crippen LogP contribution in [0, 0.1) is 5.92 Å². The second-order valence-corrected chi connectivity index (χ2v) is 14.1. The highest BCUT2D eigenvalue weighted by molar-refractivity contribution is 6.74. The van der Waals surface area contributed by atoms with Gasteiger partial charge in [0.1, 0.15) is 6.10 Å². The summed E-state index contributed by atoms with van der Waals surface area (Å²) in [5, 5.41) is 10.6. The summed E-state index contributed by atoms with van der Waals surface area (Å²) < 4.78 is 17.5. The Bertz CT molecular complexity index is 473.